The number of anilines is 1. The lowest BCUT2D eigenvalue weighted by Gasteiger charge is -2.23. The fourth-order valence-electron chi connectivity index (χ4n) is 2.02. The van der Waals surface area contributed by atoms with Crippen LogP contribution in [0.3, 0.4) is 0 Å². The molecule has 1 unspecified atom stereocenters. The van der Waals surface area contributed by atoms with E-state index in [4.69, 9.17) is 0 Å². The maximum atomic E-state index is 12.2. The molecule has 0 spiro atoms. The number of nitrogens with one attached hydrogen (secondary N) is 1. The van der Waals surface area contributed by atoms with Crippen LogP contribution in [0.4, 0.5) is 5.13 Å². The van der Waals surface area contributed by atoms with Crippen LogP contribution >= 0.6 is 27.3 Å². The van der Waals surface area contributed by atoms with Crippen molar-refractivity contribution < 1.29 is 4.79 Å². The molecule has 1 aromatic carbocycles. The minimum absolute atomic E-state index is 0.107. The number of aromatic nitrogens is 1. The smallest absolute Gasteiger partial charge is 0.244 e. The number of carbonyl (C=O) groups excluding carboxylic acids is 1. The van der Waals surface area contributed by atoms with E-state index >= 15 is 0 Å². The molecule has 0 saturated carbocycles. The van der Waals surface area contributed by atoms with Crippen LogP contribution in [0.1, 0.15) is 20.8 Å². The van der Waals surface area contributed by atoms with Gasteiger partial charge in [-0.2, -0.15) is 0 Å². The van der Waals surface area contributed by atoms with Crippen molar-refractivity contribution in [1.29, 1.82) is 0 Å². The fraction of sp³-hybridized carbons (Fsp3) is 0.429. The van der Waals surface area contributed by atoms with E-state index in [0.29, 0.717) is 0 Å². The van der Waals surface area contributed by atoms with Gasteiger partial charge in [0.2, 0.25) is 5.91 Å². The summed E-state index contributed by atoms with van der Waals surface area (Å²) < 4.78 is 2.14. The number of rotatable bonds is 5. The van der Waals surface area contributed by atoms with E-state index in [1.54, 1.807) is 11.3 Å². The van der Waals surface area contributed by atoms with Gasteiger partial charge in [-0.1, -0.05) is 27.3 Å². The van der Waals surface area contributed by atoms with Crippen LogP contribution in [-0.2, 0) is 4.79 Å². The maximum absolute atomic E-state index is 12.2. The summed E-state index contributed by atoms with van der Waals surface area (Å²) in [5, 5.41) is 3.98. The molecule has 1 amide bonds. The molecule has 0 radical (unpaired) electrons. The minimum Gasteiger partial charge on any atom is -0.350 e. The van der Waals surface area contributed by atoms with Crippen LogP contribution in [-0.4, -0.2) is 34.9 Å². The lowest BCUT2D eigenvalue weighted by molar-refractivity contribution is -0.131. The van der Waals surface area contributed by atoms with Crippen molar-refractivity contribution in [3.63, 3.8) is 0 Å². The summed E-state index contributed by atoms with van der Waals surface area (Å²) in [5.41, 5.74) is 0.947. The molecule has 1 heterocycles. The van der Waals surface area contributed by atoms with Gasteiger partial charge in [-0.25, -0.2) is 4.98 Å². The number of carbonyl (C=O) groups is 1. The number of hydrogen-bond acceptors (Lipinski definition) is 4. The highest BCUT2D eigenvalue weighted by Crippen LogP contribution is 2.28. The van der Waals surface area contributed by atoms with Gasteiger partial charge in [0.05, 0.1) is 10.2 Å². The molecule has 1 atom stereocenters. The zero-order valence-corrected chi connectivity index (χ0v) is 14.2. The minimum atomic E-state index is -0.265. The molecule has 0 aliphatic heterocycles. The van der Waals surface area contributed by atoms with Crippen LogP contribution in [0.2, 0.25) is 0 Å². The summed E-state index contributed by atoms with van der Waals surface area (Å²) in [6.45, 7) is 7.32. The second-order valence-corrected chi connectivity index (χ2v) is 6.45. The molecule has 0 bridgehead atoms. The van der Waals surface area contributed by atoms with Gasteiger partial charge in [-0.05, 0) is 39.0 Å². The molecule has 0 aliphatic carbocycles. The van der Waals surface area contributed by atoms with Crippen molar-refractivity contribution in [2.24, 2.45) is 0 Å². The Morgan fingerprint density at radius 3 is 2.80 bits per heavy atom. The fourth-order valence-corrected chi connectivity index (χ4v) is 3.52. The van der Waals surface area contributed by atoms with E-state index in [1.807, 2.05) is 43.9 Å². The molecular formula is C14H18BrN3OS. The molecular weight excluding hydrogens is 338 g/mol. The van der Waals surface area contributed by atoms with Crippen LogP contribution in [0.15, 0.2) is 22.7 Å². The number of amides is 1. The monoisotopic (exact) mass is 355 g/mol. The van der Waals surface area contributed by atoms with E-state index in [2.05, 4.69) is 26.2 Å². The van der Waals surface area contributed by atoms with Gasteiger partial charge in [0.1, 0.15) is 6.04 Å². The summed E-state index contributed by atoms with van der Waals surface area (Å²) >= 11 is 5.01. The summed E-state index contributed by atoms with van der Waals surface area (Å²) in [6, 6.07) is 5.71. The number of thiazole rings is 1. The number of halogens is 1. The topological polar surface area (TPSA) is 45.2 Å². The summed E-state index contributed by atoms with van der Waals surface area (Å²) in [6.07, 6.45) is 0. The highest BCUT2D eigenvalue weighted by Gasteiger charge is 2.19. The molecule has 6 heteroatoms. The third-order valence-electron chi connectivity index (χ3n) is 3.14. The van der Waals surface area contributed by atoms with E-state index in [-0.39, 0.29) is 11.9 Å². The Labute approximate surface area is 131 Å². The van der Waals surface area contributed by atoms with Crippen LogP contribution in [0.25, 0.3) is 10.2 Å². The number of benzene rings is 1. The van der Waals surface area contributed by atoms with E-state index in [9.17, 15) is 4.79 Å². The van der Waals surface area contributed by atoms with Gasteiger partial charge in [0.25, 0.3) is 0 Å². The van der Waals surface area contributed by atoms with Gasteiger partial charge in [0.15, 0.2) is 5.13 Å². The zero-order valence-electron chi connectivity index (χ0n) is 11.8. The Kier molecular flexibility index (Phi) is 4.99. The predicted molar refractivity (Wildman–Crippen MR) is 88.3 cm³/mol. The van der Waals surface area contributed by atoms with Gasteiger partial charge in [-0.3, -0.25) is 4.79 Å². The molecule has 1 N–H and O–H groups in total. The zero-order chi connectivity index (χ0) is 14.7. The summed E-state index contributed by atoms with van der Waals surface area (Å²) in [5.74, 6) is 0.107. The first-order valence-corrected chi connectivity index (χ1v) is 8.27. The van der Waals surface area contributed by atoms with Crippen molar-refractivity contribution in [2.75, 3.05) is 18.4 Å². The number of hydrogen-bond donors (Lipinski definition) is 1. The van der Waals surface area contributed by atoms with Crippen LogP contribution in [0.5, 0.6) is 0 Å². The van der Waals surface area contributed by atoms with Crippen molar-refractivity contribution in [3.8, 4) is 0 Å². The predicted octanol–water partition coefficient (Wildman–Crippen LogP) is 3.73. The first-order chi connectivity index (χ1) is 9.55. The van der Waals surface area contributed by atoms with Gasteiger partial charge >= 0.3 is 0 Å². The van der Waals surface area contributed by atoms with Gasteiger partial charge in [-0.15, -0.1) is 0 Å². The summed E-state index contributed by atoms with van der Waals surface area (Å²) in [7, 11) is 0. The van der Waals surface area contributed by atoms with Crippen molar-refractivity contribution in [1.82, 2.24) is 9.88 Å². The Bertz CT molecular complexity index is 609. The number of likely N-dealkylation sites (N-methyl/N-ethyl adjacent to an activating group) is 1. The van der Waals surface area contributed by atoms with Crippen LogP contribution in [0, 0.1) is 0 Å². The van der Waals surface area contributed by atoms with E-state index < -0.39 is 0 Å². The maximum Gasteiger partial charge on any atom is 0.244 e. The molecule has 4 nitrogen and oxygen atoms in total. The first kappa shape index (κ1) is 15.3. The third kappa shape index (κ3) is 3.30. The Balaban J connectivity index is 2.13. The second-order valence-electron chi connectivity index (χ2n) is 4.51. The molecule has 2 rings (SSSR count). The number of fused-ring (bicyclic) bond motifs is 1. The average molecular weight is 356 g/mol. The Morgan fingerprint density at radius 2 is 2.15 bits per heavy atom. The first-order valence-electron chi connectivity index (χ1n) is 6.66. The lowest BCUT2D eigenvalue weighted by Crippen LogP contribution is -2.41. The second kappa shape index (κ2) is 6.54. The lowest BCUT2D eigenvalue weighted by atomic mass is 10.3. The molecule has 20 heavy (non-hydrogen) atoms. The average Bonchev–Trinajstić information content (AvgIpc) is 2.81. The van der Waals surface area contributed by atoms with E-state index in [1.165, 1.54) is 0 Å². The Morgan fingerprint density at radius 1 is 1.45 bits per heavy atom. The number of nitrogens with zero attached hydrogens (tertiary/aromatic N) is 2. The van der Waals surface area contributed by atoms with Crippen molar-refractivity contribution in [2.45, 2.75) is 26.8 Å². The SMILES string of the molecule is CCN(CC)C(=O)C(C)Nc1nc2ccc(Br)cc2s1. The summed E-state index contributed by atoms with van der Waals surface area (Å²) in [4.78, 5) is 18.5. The largest absolute Gasteiger partial charge is 0.350 e. The normalized spacial score (nSPS) is 12.4. The molecule has 108 valence electrons. The highest BCUT2D eigenvalue weighted by atomic mass is 79.9. The third-order valence-corrected chi connectivity index (χ3v) is 4.58. The molecule has 2 aromatic rings. The molecule has 0 saturated heterocycles. The standard InChI is InChI=1S/C14H18BrN3OS/c1-4-18(5-2)13(19)9(3)16-14-17-11-7-6-10(15)8-12(11)20-14/h6-9H,4-5H2,1-3H3,(H,16,17). The van der Waals surface area contributed by atoms with Crippen LogP contribution < -0.4 is 5.32 Å². The van der Waals surface area contributed by atoms with Crippen molar-refractivity contribution in [3.05, 3.63) is 22.7 Å². The molecule has 1 aromatic heterocycles. The van der Waals surface area contributed by atoms with E-state index in [0.717, 1.165) is 32.9 Å². The van der Waals surface area contributed by atoms with Gasteiger partial charge in [0, 0.05) is 17.6 Å². The molecule has 0 aliphatic rings. The quantitative estimate of drug-likeness (QED) is 0.888. The Hall–Kier alpha value is -1.14. The highest BCUT2D eigenvalue weighted by molar-refractivity contribution is 9.10. The van der Waals surface area contributed by atoms with Gasteiger partial charge < -0.3 is 10.2 Å². The van der Waals surface area contributed by atoms with Crippen molar-refractivity contribution >= 4 is 48.5 Å². The molecule has 0 fully saturated rings.